The first-order valence-electron chi connectivity index (χ1n) is 7.30. The normalized spacial score (nSPS) is 11.7. The van der Waals surface area contributed by atoms with E-state index in [4.69, 9.17) is 46.4 Å². The molecule has 0 aliphatic heterocycles. The van der Waals surface area contributed by atoms with Gasteiger partial charge in [0.15, 0.2) is 0 Å². The van der Waals surface area contributed by atoms with E-state index in [1.54, 1.807) is 18.2 Å². The molecule has 0 radical (unpaired) electrons. The van der Waals surface area contributed by atoms with Crippen molar-refractivity contribution in [3.05, 3.63) is 80.3 Å². The van der Waals surface area contributed by atoms with Gasteiger partial charge < -0.3 is 0 Å². The molecule has 0 aliphatic rings. The lowest BCUT2D eigenvalue weighted by atomic mass is 9.95. The van der Waals surface area contributed by atoms with E-state index < -0.39 is 11.7 Å². The Bertz CT molecular complexity index is 961. The van der Waals surface area contributed by atoms with Crippen LogP contribution in [0, 0.1) is 0 Å². The molecule has 0 aliphatic carbocycles. The van der Waals surface area contributed by atoms with E-state index >= 15 is 0 Å². The summed E-state index contributed by atoms with van der Waals surface area (Å²) in [6, 6.07) is 13.0. The molecular weight excluding hydrogens is 427 g/mol. The average molecular weight is 436 g/mol. The van der Waals surface area contributed by atoms with Crippen molar-refractivity contribution in [2.24, 2.45) is 0 Å². The Morgan fingerprint density at radius 1 is 0.577 bits per heavy atom. The lowest BCUT2D eigenvalue weighted by molar-refractivity contribution is -0.137. The summed E-state index contributed by atoms with van der Waals surface area (Å²) in [7, 11) is 0. The van der Waals surface area contributed by atoms with Gasteiger partial charge in [-0.15, -0.1) is 0 Å². The molecule has 0 spiro atoms. The Morgan fingerprint density at radius 2 is 1.15 bits per heavy atom. The number of hydrogen-bond donors (Lipinski definition) is 0. The molecule has 0 heterocycles. The minimum atomic E-state index is -4.53. The van der Waals surface area contributed by atoms with E-state index in [1.807, 2.05) is 0 Å². The molecule has 0 bridgehead atoms. The monoisotopic (exact) mass is 434 g/mol. The topological polar surface area (TPSA) is 0 Å². The first-order chi connectivity index (χ1) is 12.2. The number of rotatable bonds is 2. The maximum atomic E-state index is 13.4. The third-order valence-corrected chi connectivity index (χ3v) is 5.16. The summed E-state index contributed by atoms with van der Waals surface area (Å²) in [6.45, 7) is 0. The van der Waals surface area contributed by atoms with Gasteiger partial charge in [-0.3, -0.25) is 0 Å². The van der Waals surface area contributed by atoms with Crippen LogP contribution in [0.3, 0.4) is 0 Å². The fourth-order valence-electron chi connectivity index (χ4n) is 2.69. The van der Waals surface area contributed by atoms with Gasteiger partial charge in [0.1, 0.15) is 0 Å². The molecule has 0 nitrogen and oxygen atoms in total. The Morgan fingerprint density at radius 3 is 1.77 bits per heavy atom. The minimum Gasteiger partial charge on any atom is -0.166 e. The fraction of sp³-hybridized carbons (Fsp3) is 0.0526. The Balaban J connectivity index is 2.33. The highest BCUT2D eigenvalue weighted by Crippen LogP contribution is 2.47. The van der Waals surface area contributed by atoms with Crippen LogP contribution in [0.4, 0.5) is 13.2 Å². The predicted molar refractivity (Wildman–Crippen MR) is 102 cm³/mol. The minimum absolute atomic E-state index is 0.0456. The van der Waals surface area contributed by atoms with Crippen LogP contribution in [0.15, 0.2) is 54.6 Å². The summed E-state index contributed by atoms with van der Waals surface area (Å²) in [4.78, 5) is 0. The molecule has 0 saturated carbocycles. The molecular formula is C19H9Cl4F3. The third kappa shape index (κ3) is 3.54. The highest BCUT2D eigenvalue weighted by atomic mass is 35.5. The molecule has 0 N–H and O–H groups in total. The average Bonchev–Trinajstić information content (AvgIpc) is 2.57. The molecule has 3 aromatic carbocycles. The van der Waals surface area contributed by atoms with Crippen LogP contribution < -0.4 is 0 Å². The van der Waals surface area contributed by atoms with E-state index in [0.717, 1.165) is 6.07 Å². The Hall–Kier alpha value is -1.39. The van der Waals surface area contributed by atoms with Crippen LogP contribution in [0.2, 0.25) is 20.1 Å². The van der Waals surface area contributed by atoms with E-state index in [1.165, 1.54) is 30.3 Å². The summed E-state index contributed by atoms with van der Waals surface area (Å²) in [5.74, 6) is 0. The summed E-state index contributed by atoms with van der Waals surface area (Å²) in [5.41, 5.74) is 0.0112. The van der Waals surface area contributed by atoms with Gasteiger partial charge in [-0.25, -0.2) is 0 Å². The van der Waals surface area contributed by atoms with Crippen LogP contribution in [-0.2, 0) is 6.18 Å². The maximum Gasteiger partial charge on any atom is 0.417 e. The number of hydrogen-bond acceptors (Lipinski definition) is 0. The summed E-state index contributed by atoms with van der Waals surface area (Å²) in [5, 5.41) is 0.868. The highest BCUT2D eigenvalue weighted by Gasteiger charge is 2.34. The van der Waals surface area contributed by atoms with Crippen molar-refractivity contribution in [2.45, 2.75) is 6.18 Å². The Labute approximate surface area is 168 Å². The zero-order valence-corrected chi connectivity index (χ0v) is 15.9. The van der Waals surface area contributed by atoms with Gasteiger partial charge in [-0.1, -0.05) is 76.7 Å². The second kappa shape index (κ2) is 7.32. The summed E-state index contributed by atoms with van der Waals surface area (Å²) >= 11 is 25.2. The molecule has 0 saturated heterocycles. The van der Waals surface area contributed by atoms with Gasteiger partial charge >= 0.3 is 6.18 Å². The van der Waals surface area contributed by atoms with Crippen molar-refractivity contribution in [2.75, 3.05) is 0 Å². The zero-order chi connectivity index (χ0) is 19.1. The second-order valence-corrected chi connectivity index (χ2v) is 7.02. The van der Waals surface area contributed by atoms with Crippen molar-refractivity contribution in [1.29, 1.82) is 0 Å². The predicted octanol–water partition coefficient (Wildman–Crippen LogP) is 8.65. The first-order valence-corrected chi connectivity index (χ1v) is 8.82. The van der Waals surface area contributed by atoms with Crippen LogP contribution in [0.5, 0.6) is 0 Å². The lowest BCUT2D eigenvalue weighted by Gasteiger charge is -2.17. The van der Waals surface area contributed by atoms with Crippen LogP contribution >= 0.6 is 46.4 Å². The summed E-state index contributed by atoms with van der Waals surface area (Å²) in [6.07, 6.45) is -4.53. The van der Waals surface area contributed by atoms with Gasteiger partial charge in [0.2, 0.25) is 0 Å². The van der Waals surface area contributed by atoms with Crippen molar-refractivity contribution in [1.82, 2.24) is 0 Å². The molecule has 0 fully saturated rings. The fourth-order valence-corrected chi connectivity index (χ4v) is 3.94. The van der Waals surface area contributed by atoms with E-state index in [9.17, 15) is 13.2 Å². The smallest absolute Gasteiger partial charge is 0.166 e. The standard InChI is InChI=1S/C19H9Cl4F3/c20-13-6-3-7-14(21)16(13)17-15(22)9-8-11(18(17)23)10-4-1-2-5-12(10)19(24,25)26/h1-9H. The molecule has 0 amide bonds. The molecule has 7 heteroatoms. The summed E-state index contributed by atoms with van der Waals surface area (Å²) < 4.78 is 40.2. The number of benzene rings is 3. The van der Waals surface area contributed by atoms with Crippen LogP contribution in [0.25, 0.3) is 22.3 Å². The van der Waals surface area contributed by atoms with Gasteiger partial charge in [0.05, 0.1) is 15.6 Å². The Kier molecular flexibility index (Phi) is 5.45. The van der Waals surface area contributed by atoms with Crippen LogP contribution in [0.1, 0.15) is 5.56 Å². The SMILES string of the molecule is FC(F)(F)c1ccccc1-c1ccc(Cl)c(-c2c(Cl)cccc2Cl)c1Cl. The number of alkyl halides is 3. The molecule has 0 atom stereocenters. The second-order valence-electron chi connectivity index (χ2n) is 5.42. The zero-order valence-electron chi connectivity index (χ0n) is 12.8. The number of halogens is 7. The van der Waals surface area contributed by atoms with Crippen molar-refractivity contribution in [3.8, 4) is 22.3 Å². The largest absolute Gasteiger partial charge is 0.417 e. The van der Waals surface area contributed by atoms with Gasteiger partial charge in [0, 0.05) is 26.7 Å². The lowest BCUT2D eigenvalue weighted by Crippen LogP contribution is -2.07. The molecule has 134 valence electrons. The van der Waals surface area contributed by atoms with Crippen molar-refractivity contribution < 1.29 is 13.2 Å². The van der Waals surface area contributed by atoms with E-state index in [-0.39, 0.29) is 21.2 Å². The molecule has 0 aromatic heterocycles. The molecule has 26 heavy (non-hydrogen) atoms. The van der Waals surface area contributed by atoms with Gasteiger partial charge in [-0.05, 0) is 29.8 Å². The highest BCUT2D eigenvalue weighted by molar-refractivity contribution is 6.45. The third-order valence-electron chi connectivity index (χ3n) is 3.83. The van der Waals surface area contributed by atoms with Crippen LogP contribution in [-0.4, -0.2) is 0 Å². The van der Waals surface area contributed by atoms with Crippen molar-refractivity contribution in [3.63, 3.8) is 0 Å². The van der Waals surface area contributed by atoms with Crippen molar-refractivity contribution >= 4 is 46.4 Å². The quantitative estimate of drug-likeness (QED) is 0.377. The molecule has 0 unspecified atom stereocenters. The first kappa shape index (κ1) is 19.4. The van der Waals surface area contributed by atoms with E-state index in [2.05, 4.69) is 0 Å². The maximum absolute atomic E-state index is 13.4. The molecule has 3 rings (SSSR count). The van der Waals surface area contributed by atoms with Gasteiger partial charge in [0.25, 0.3) is 0 Å². The van der Waals surface area contributed by atoms with E-state index in [0.29, 0.717) is 21.2 Å². The molecule has 3 aromatic rings. The van der Waals surface area contributed by atoms with Gasteiger partial charge in [-0.2, -0.15) is 13.2 Å².